The summed E-state index contributed by atoms with van der Waals surface area (Å²) in [6.45, 7) is 0. The van der Waals surface area contributed by atoms with Crippen LogP contribution < -0.4 is 30.0 Å². The first kappa shape index (κ1) is 23.8. The van der Waals surface area contributed by atoms with E-state index in [2.05, 4.69) is 44.0 Å². The molecule has 1 aromatic heterocycles. The van der Waals surface area contributed by atoms with Crippen LogP contribution in [0.4, 0.5) is 0 Å². The molecule has 2 heterocycles. The number of rotatable bonds is 4. The Balaban J connectivity index is 2.09. The average Bonchev–Trinajstić information content (AvgIpc) is 3.15. The molecule has 0 spiro atoms. The molecule has 4 rings (SSSR count). The van der Waals surface area contributed by atoms with Gasteiger partial charge in [0.05, 0.1) is 48.0 Å². The van der Waals surface area contributed by atoms with Gasteiger partial charge in [-0.25, -0.2) is 0 Å². The molecule has 0 radical (unpaired) electrons. The first-order valence-electron chi connectivity index (χ1n) is 9.79. The zero-order valence-corrected chi connectivity index (χ0v) is 21.9. The van der Waals surface area contributed by atoms with E-state index in [1.807, 2.05) is 12.1 Å². The SMILES string of the molecule is COc1ccc(Br)cc1/C=c1\sc2n(c1=O)C(N)=C(C#N)C(c1cc(Br)ccc1OC)C=2C#N. The van der Waals surface area contributed by atoms with Gasteiger partial charge in [0.2, 0.25) is 0 Å². The molecular formula is C24H16Br2N4O3S. The number of aromatic nitrogens is 1. The van der Waals surface area contributed by atoms with Crippen LogP contribution in [-0.4, -0.2) is 18.8 Å². The van der Waals surface area contributed by atoms with Crippen LogP contribution in [0.15, 0.2) is 55.7 Å². The highest BCUT2D eigenvalue weighted by Gasteiger charge is 2.34. The molecule has 1 aliphatic rings. The summed E-state index contributed by atoms with van der Waals surface area (Å²) in [7, 11) is 3.06. The Morgan fingerprint density at radius 1 is 1.03 bits per heavy atom. The lowest BCUT2D eigenvalue weighted by atomic mass is 9.84. The minimum atomic E-state index is -0.784. The van der Waals surface area contributed by atoms with Crippen molar-refractivity contribution in [2.24, 2.45) is 5.73 Å². The summed E-state index contributed by atoms with van der Waals surface area (Å²) in [6.07, 6.45) is 1.69. The Morgan fingerprint density at radius 2 is 1.65 bits per heavy atom. The van der Waals surface area contributed by atoms with Gasteiger partial charge in [-0.15, -0.1) is 11.3 Å². The van der Waals surface area contributed by atoms with Crippen molar-refractivity contribution in [3.8, 4) is 23.6 Å². The highest BCUT2D eigenvalue weighted by atomic mass is 79.9. The molecule has 2 N–H and O–H groups in total. The van der Waals surface area contributed by atoms with Crippen molar-refractivity contribution in [2.45, 2.75) is 5.92 Å². The number of nitrogens with zero attached hydrogens (tertiary/aromatic N) is 3. The number of methoxy groups -OCH3 is 2. The molecule has 34 heavy (non-hydrogen) atoms. The Bertz CT molecular complexity index is 1620. The normalized spacial score (nSPS) is 15.5. The van der Waals surface area contributed by atoms with E-state index in [9.17, 15) is 15.3 Å². The van der Waals surface area contributed by atoms with Crippen LogP contribution in [0.2, 0.25) is 0 Å². The first-order valence-corrected chi connectivity index (χ1v) is 12.2. The Kier molecular flexibility index (Phi) is 6.67. The number of thiazole rings is 1. The van der Waals surface area contributed by atoms with E-state index in [4.69, 9.17) is 15.2 Å². The second-order valence-corrected chi connectivity index (χ2v) is 10.1. The van der Waals surface area contributed by atoms with Crippen molar-refractivity contribution in [3.63, 3.8) is 0 Å². The molecule has 0 saturated carbocycles. The number of fused-ring (bicyclic) bond motifs is 1. The molecule has 10 heteroatoms. The van der Waals surface area contributed by atoms with Gasteiger partial charge in [0.15, 0.2) is 0 Å². The first-order chi connectivity index (χ1) is 16.3. The summed E-state index contributed by atoms with van der Waals surface area (Å²) < 4.78 is 14.4. The van der Waals surface area contributed by atoms with Gasteiger partial charge in [0.25, 0.3) is 5.56 Å². The van der Waals surface area contributed by atoms with E-state index in [-0.39, 0.29) is 17.0 Å². The van der Waals surface area contributed by atoms with Crippen molar-refractivity contribution in [1.82, 2.24) is 4.57 Å². The highest BCUT2D eigenvalue weighted by molar-refractivity contribution is 9.10. The van der Waals surface area contributed by atoms with Gasteiger partial charge < -0.3 is 15.2 Å². The van der Waals surface area contributed by atoms with E-state index < -0.39 is 11.5 Å². The number of halogens is 2. The lowest BCUT2D eigenvalue weighted by Crippen LogP contribution is -2.38. The number of hydrogen-bond acceptors (Lipinski definition) is 7. The molecule has 1 aliphatic heterocycles. The topological polar surface area (TPSA) is 114 Å². The van der Waals surface area contributed by atoms with Crippen molar-refractivity contribution >= 4 is 60.7 Å². The molecule has 0 amide bonds. The van der Waals surface area contributed by atoms with Crippen LogP contribution in [0, 0.1) is 22.7 Å². The highest BCUT2D eigenvalue weighted by Crippen LogP contribution is 2.41. The fourth-order valence-corrected chi connectivity index (χ4v) is 5.73. The summed E-state index contributed by atoms with van der Waals surface area (Å²) >= 11 is 8.01. The monoisotopic (exact) mass is 598 g/mol. The zero-order chi connectivity index (χ0) is 24.6. The predicted octanol–water partition coefficient (Wildman–Crippen LogP) is 3.40. The molecule has 3 aromatic rings. The molecule has 1 unspecified atom stereocenters. The maximum Gasteiger partial charge on any atom is 0.274 e. The average molecular weight is 600 g/mol. The Labute approximate surface area is 215 Å². The van der Waals surface area contributed by atoms with Gasteiger partial charge in [0.1, 0.15) is 22.0 Å². The smallest absolute Gasteiger partial charge is 0.274 e. The molecule has 0 bridgehead atoms. The molecule has 170 valence electrons. The van der Waals surface area contributed by atoms with Crippen molar-refractivity contribution in [3.05, 3.63) is 81.6 Å². The summed E-state index contributed by atoms with van der Waals surface area (Å²) in [6, 6.07) is 15.1. The molecular weight excluding hydrogens is 584 g/mol. The minimum absolute atomic E-state index is 0.00867. The number of ether oxygens (including phenoxy) is 2. The van der Waals surface area contributed by atoms with Gasteiger partial charge >= 0.3 is 0 Å². The van der Waals surface area contributed by atoms with Crippen LogP contribution in [0.1, 0.15) is 17.0 Å². The van der Waals surface area contributed by atoms with E-state index in [1.54, 1.807) is 37.5 Å². The third-order valence-electron chi connectivity index (χ3n) is 5.37. The fourth-order valence-electron chi connectivity index (χ4n) is 3.85. The van der Waals surface area contributed by atoms with Gasteiger partial charge in [-0.2, -0.15) is 10.5 Å². The van der Waals surface area contributed by atoms with Gasteiger partial charge in [-0.3, -0.25) is 9.36 Å². The van der Waals surface area contributed by atoms with Crippen molar-refractivity contribution in [1.29, 1.82) is 10.5 Å². The van der Waals surface area contributed by atoms with E-state index in [1.165, 1.54) is 11.7 Å². The quantitative estimate of drug-likeness (QED) is 0.492. The van der Waals surface area contributed by atoms with Gasteiger partial charge in [-0.1, -0.05) is 31.9 Å². The number of nitrogens with two attached hydrogens (primary N) is 1. The van der Waals surface area contributed by atoms with Crippen molar-refractivity contribution < 1.29 is 9.47 Å². The third-order valence-corrected chi connectivity index (χ3v) is 7.46. The molecule has 2 aromatic carbocycles. The molecule has 0 aliphatic carbocycles. The number of benzene rings is 2. The standard InChI is InChI=1S/C24H16Br2N4O3S/c1-32-18-5-3-13(25)7-12(18)8-20-23(31)30-22(29)16(10-27)21(17(11-28)24(30)34-20)15-9-14(26)4-6-19(15)33-2/h3-9,21H,29H2,1-2H3/b20-8-. The molecule has 0 fully saturated rings. The molecule has 7 nitrogen and oxygen atoms in total. The second kappa shape index (κ2) is 9.51. The number of allylic oxidation sites excluding steroid dienone is 1. The minimum Gasteiger partial charge on any atom is -0.496 e. The summed E-state index contributed by atoms with van der Waals surface area (Å²) in [4.78, 5) is 13.4. The molecule has 0 saturated heterocycles. The van der Waals surface area contributed by atoms with Crippen LogP contribution in [0.3, 0.4) is 0 Å². The van der Waals surface area contributed by atoms with Crippen LogP contribution in [0.5, 0.6) is 11.5 Å². The maximum atomic E-state index is 13.4. The lowest BCUT2D eigenvalue weighted by Gasteiger charge is -2.24. The van der Waals surface area contributed by atoms with E-state index in [0.29, 0.717) is 31.8 Å². The summed E-state index contributed by atoms with van der Waals surface area (Å²) in [5, 5.41) is 20.1. The van der Waals surface area contributed by atoms with Crippen LogP contribution in [-0.2, 0) is 0 Å². The number of hydrogen-bond donors (Lipinski definition) is 1. The zero-order valence-electron chi connectivity index (χ0n) is 17.9. The van der Waals surface area contributed by atoms with Crippen LogP contribution >= 0.6 is 43.2 Å². The number of nitriles is 2. The van der Waals surface area contributed by atoms with Crippen molar-refractivity contribution in [2.75, 3.05) is 14.2 Å². The predicted molar refractivity (Wildman–Crippen MR) is 138 cm³/mol. The van der Waals surface area contributed by atoms with Crippen LogP contribution in [0.25, 0.3) is 17.5 Å². The third kappa shape index (κ3) is 3.94. The van der Waals surface area contributed by atoms with E-state index >= 15 is 0 Å². The van der Waals surface area contributed by atoms with Gasteiger partial charge in [-0.05, 0) is 42.5 Å². The van der Waals surface area contributed by atoms with E-state index in [0.717, 1.165) is 20.3 Å². The largest absolute Gasteiger partial charge is 0.496 e. The molecule has 1 atom stereocenters. The lowest BCUT2D eigenvalue weighted by molar-refractivity contribution is 0.409. The Hall–Kier alpha value is -3.31. The maximum absolute atomic E-state index is 13.4. The second-order valence-electron chi connectivity index (χ2n) is 7.20. The van der Waals surface area contributed by atoms with Gasteiger partial charge in [0, 0.05) is 20.1 Å². The Morgan fingerprint density at radius 3 is 2.26 bits per heavy atom. The summed E-state index contributed by atoms with van der Waals surface area (Å²) in [5.74, 6) is 0.292. The summed E-state index contributed by atoms with van der Waals surface area (Å²) in [5.41, 5.74) is 7.57. The fraction of sp³-hybridized carbons (Fsp3) is 0.125.